The van der Waals surface area contributed by atoms with Crippen molar-refractivity contribution in [2.75, 3.05) is 17.2 Å². The van der Waals surface area contributed by atoms with Gasteiger partial charge in [0.2, 0.25) is 22.7 Å². The first-order valence-electron chi connectivity index (χ1n) is 13.9. The second-order valence-electron chi connectivity index (χ2n) is 10.9. The van der Waals surface area contributed by atoms with Gasteiger partial charge in [0.1, 0.15) is 22.8 Å². The molecular formula is C26H24ClN9O11S3. The number of thioether (sulfide) groups is 2. The monoisotopic (exact) mass is 769 g/mol. The minimum Gasteiger partial charge on any atom is -0.481 e. The second-order valence-corrected chi connectivity index (χ2v) is 14.4. The zero-order valence-corrected chi connectivity index (χ0v) is 28.7. The van der Waals surface area contributed by atoms with Gasteiger partial charge in [-0.05, 0) is 19.4 Å². The summed E-state index contributed by atoms with van der Waals surface area (Å²) in [6.45, 7) is 2.41. The molecule has 0 saturated carbocycles. The number of carboxylic acid groups (broad SMARTS) is 3. The predicted molar refractivity (Wildman–Crippen MR) is 175 cm³/mol. The quantitative estimate of drug-likeness (QED) is 0.0515. The number of rotatable bonds is 13. The Balaban J connectivity index is 1.32. The fourth-order valence-corrected chi connectivity index (χ4v) is 7.95. The van der Waals surface area contributed by atoms with Crippen molar-refractivity contribution in [2.24, 2.45) is 15.5 Å². The second kappa shape index (κ2) is 14.1. The average molecular weight is 770 g/mol. The number of hydrogen-bond acceptors (Lipinski definition) is 18. The van der Waals surface area contributed by atoms with Crippen LogP contribution in [0.25, 0.3) is 0 Å². The lowest BCUT2D eigenvalue weighted by atomic mass is 9.98. The van der Waals surface area contributed by atoms with E-state index in [1.54, 1.807) is 0 Å². The standard InChI is InChI=1S/C26H24ClN9O11S3/c1-26(2,23(45)46)47-32-15(10-7-49-24(28)29-10)19(41)30-16-20(42)35-17(22(43)44)8(5-48-21(16)35)6-50-25-31-33-34-36(25)11-4-12(37)18(40)14(27)9(11)3-13(38)39/h4,7,16,21,25H,3,5-6H2,1-2H3,(H2,28,29)(H,30,41)(H,31,34)(H,38,39)(H,43,44)(H,45,46)/b32-15-. The third-order valence-electron chi connectivity index (χ3n) is 7.19. The van der Waals surface area contributed by atoms with E-state index in [0.717, 1.165) is 45.8 Å². The van der Waals surface area contributed by atoms with E-state index in [-0.39, 0.29) is 39.3 Å². The zero-order valence-electron chi connectivity index (χ0n) is 25.5. The van der Waals surface area contributed by atoms with Crippen LogP contribution < -0.4 is 16.6 Å². The Bertz CT molecular complexity index is 1890. The van der Waals surface area contributed by atoms with E-state index in [1.807, 2.05) is 0 Å². The number of halogens is 1. The van der Waals surface area contributed by atoms with Crippen LogP contribution in [0, 0.1) is 0 Å². The van der Waals surface area contributed by atoms with Crippen molar-refractivity contribution in [1.29, 1.82) is 0 Å². The topological polar surface area (TPSA) is 296 Å². The third kappa shape index (κ3) is 7.01. The van der Waals surface area contributed by atoms with Gasteiger partial charge < -0.3 is 31.2 Å². The first-order chi connectivity index (χ1) is 23.5. The van der Waals surface area contributed by atoms with Crippen molar-refractivity contribution >= 4 is 98.6 Å². The van der Waals surface area contributed by atoms with Crippen LogP contribution >= 0.6 is 46.5 Å². The number of nitrogens with zero attached hydrogens (tertiary/aromatic N) is 6. The molecule has 1 aromatic heterocycles. The molecule has 1 aromatic rings. The van der Waals surface area contributed by atoms with Crippen LogP contribution in [0.4, 0.5) is 5.13 Å². The van der Waals surface area contributed by atoms with Gasteiger partial charge in [0.25, 0.3) is 11.8 Å². The number of aromatic nitrogens is 1. The normalized spacial score (nSPS) is 22.2. The summed E-state index contributed by atoms with van der Waals surface area (Å²) < 4.78 is 0. The number of amides is 2. The molecule has 5 rings (SSSR count). The number of Topliss-reactive ketones (excluding diaryl/α,β-unsaturated/α-hetero) is 1. The van der Waals surface area contributed by atoms with Crippen LogP contribution in [0.5, 0.6) is 0 Å². The fourth-order valence-electron chi connectivity index (χ4n) is 4.65. The highest BCUT2D eigenvalue weighted by molar-refractivity contribution is 8.01. The minimum atomic E-state index is -1.83. The smallest absolute Gasteiger partial charge is 0.352 e. The summed E-state index contributed by atoms with van der Waals surface area (Å²) in [4.78, 5) is 96.5. The Labute approximate surface area is 297 Å². The molecule has 1 aliphatic carbocycles. The Morgan fingerprint density at radius 1 is 1.24 bits per heavy atom. The Kier molecular flexibility index (Phi) is 10.2. The van der Waals surface area contributed by atoms with Crippen molar-refractivity contribution in [1.82, 2.24) is 25.7 Å². The molecule has 264 valence electrons. The SMILES string of the molecule is CC(C)(O/N=C(\C(=O)NC1C(=O)N2C(C(=O)O)=C(CSC3N=NNN3C3=CC(=O)C(=O)C(Cl)=C3CC(=O)O)CSC12)c1csc(N)n1)C(=O)O. The van der Waals surface area contributed by atoms with Gasteiger partial charge in [-0.25, -0.2) is 19.6 Å². The number of carbonyl (C=O) groups excluding carboxylic acids is 4. The van der Waals surface area contributed by atoms with Crippen molar-refractivity contribution in [3.63, 3.8) is 0 Å². The van der Waals surface area contributed by atoms with E-state index < -0.39 is 81.0 Å². The molecule has 0 radical (unpaired) electrons. The van der Waals surface area contributed by atoms with Gasteiger partial charge in [-0.1, -0.05) is 22.0 Å². The molecule has 3 atom stereocenters. The van der Waals surface area contributed by atoms with E-state index in [9.17, 15) is 48.9 Å². The van der Waals surface area contributed by atoms with Crippen molar-refractivity contribution < 1.29 is 53.7 Å². The molecule has 20 nitrogen and oxygen atoms in total. The third-order valence-corrected chi connectivity index (χ3v) is 10.7. The number of allylic oxidation sites excluding steroid dienone is 3. The maximum absolute atomic E-state index is 13.3. The number of β-lactam (4-membered cyclic amide) rings is 1. The Morgan fingerprint density at radius 2 is 1.96 bits per heavy atom. The summed E-state index contributed by atoms with van der Waals surface area (Å²) in [6, 6.07) is -1.20. The molecule has 0 aromatic carbocycles. The summed E-state index contributed by atoms with van der Waals surface area (Å²) in [6.07, 6.45) is 0.205. The van der Waals surface area contributed by atoms with Crippen LogP contribution in [0.2, 0.25) is 0 Å². The highest BCUT2D eigenvalue weighted by Gasteiger charge is 2.54. The molecule has 1 saturated heterocycles. The number of nitrogens with two attached hydrogens (primary N) is 1. The lowest BCUT2D eigenvalue weighted by Gasteiger charge is -2.49. The molecule has 1 fully saturated rings. The largest absolute Gasteiger partial charge is 0.481 e. The molecule has 0 bridgehead atoms. The number of aliphatic carboxylic acids is 3. The van der Waals surface area contributed by atoms with Gasteiger partial charge in [-0.15, -0.1) is 40.0 Å². The van der Waals surface area contributed by atoms with Crippen LogP contribution in [0.3, 0.4) is 0 Å². The summed E-state index contributed by atoms with van der Waals surface area (Å²) in [7, 11) is 0. The highest BCUT2D eigenvalue weighted by Crippen LogP contribution is 2.42. The number of nitrogen functional groups attached to an aromatic ring is 1. The van der Waals surface area contributed by atoms with Gasteiger partial charge in [0.15, 0.2) is 10.8 Å². The van der Waals surface area contributed by atoms with Gasteiger partial charge >= 0.3 is 17.9 Å². The minimum absolute atomic E-state index is 0.0331. The number of ketones is 2. The number of anilines is 1. The summed E-state index contributed by atoms with van der Waals surface area (Å²) in [5.41, 5.74) is 4.64. The molecule has 3 unspecified atom stereocenters. The van der Waals surface area contributed by atoms with Crippen LogP contribution in [-0.4, -0.2) is 111 Å². The number of carboxylic acids is 3. The fraction of sp³-hybridized carbons (Fsp3) is 0.346. The van der Waals surface area contributed by atoms with Crippen molar-refractivity contribution in [2.45, 2.75) is 42.8 Å². The van der Waals surface area contributed by atoms with E-state index in [0.29, 0.717) is 5.57 Å². The molecule has 0 spiro atoms. The first kappa shape index (κ1) is 36.3. The van der Waals surface area contributed by atoms with Crippen molar-refractivity contribution in [3.05, 3.63) is 44.7 Å². The van der Waals surface area contributed by atoms with E-state index in [2.05, 4.69) is 31.3 Å². The molecule has 4 heterocycles. The van der Waals surface area contributed by atoms with Crippen molar-refractivity contribution in [3.8, 4) is 0 Å². The Hall–Kier alpha value is -5.00. The molecule has 50 heavy (non-hydrogen) atoms. The number of hydrazine groups is 1. The number of carbonyl (C=O) groups is 7. The van der Waals surface area contributed by atoms with Crippen LogP contribution in [0.1, 0.15) is 26.0 Å². The van der Waals surface area contributed by atoms with Crippen LogP contribution in [0.15, 0.2) is 54.5 Å². The number of hydrogen-bond donors (Lipinski definition) is 6. The lowest BCUT2D eigenvalue weighted by molar-refractivity contribution is -0.161. The molecule has 7 N–H and O–H groups in total. The molecule has 2 amide bonds. The number of nitrogens with one attached hydrogen (secondary N) is 2. The molecular weight excluding hydrogens is 746 g/mol. The van der Waals surface area contributed by atoms with E-state index in [1.165, 1.54) is 24.2 Å². The number of oxime groups is 1. The maximum atomic E-state index is 13.3. The van der Waals surface area contributed by atoms with E-state index >= 15 is 0 Å². The Morgan fingerprint density at radius 3 is 2.58 bits per heavy atom. The maximum Gasteiger partial charge on any atom is 0.352 e. The van der Waals surface area contributed by atoms with Gasteiger partial charge in [0, 0.05) is 28.5 Å². The lowest BCUT2D eigenvalue weighted by Crippen LogP contribution is -2.71. The van der Waals surface area contributed by atoms with E-state index in [4.69, 9.17) is 22.2 Å². The summed E-state index contributed by atoms with van der Waals surface area (Å²) in [5, 5.41) is 44.0. The number of fused-ring (bicyclic) bond motifs is 1. The van der Waals surface area contributed by atoms with Gasteiger partial charge in [-0.2, -0.15) is 5.53 Å². The summed E-state index contributed by atoms with van der Waals surface area (Å²) in [5.74, 6) is -7.83. The highest BCUT2D eigenvalue weighted by atomic mass is 35.5. The predicted octanol–water partition coefficient (Wildman–Crippen LogP) is 0.255. The average Bonchev–Trinajstić information content (AvgIpc) is 3.70. The molecule has 4 aliphatic rings. The number of thiazole rings is 1. The molecule has 24 heteroatoms. The van der Waals surface area contributed by atoms with Crippen LogP contribution in [-0.2, 0) is 38.4 Å². The van der Waals surface area contributed by atoms with Gasteiger partial charge in [-0.3, -0.25) is 28.9 Å². The molecule has 3 aliphatic heterocycles. The zero-order chi connectivity index (χ0) is 36.7. The summed E-state index contributed by atoms with van der Waals surface area (Å²) >= 11 is 9.18. The first-order valence-corrected chi connectivity index (χ1v) is 17.3. The van der Waals surface area contributed by atoms with Gasteiger partial charge in [0.05, 0.1) is 17.2 Å².